The molecule has 19 heavy (non-hydrogen) atoms. The van der Waals surface area contributed by atoms with Gasteiger partial charge in [-0.15, -0.1) is 0 Å². The third kappa shape index (κ3) is 3.49. The minimum atomic E-state index is -0.188. The van der Waals surface area contributed by atoms with Crippen molar-refractivity contribution in [3.8, 4) is 5.75 Å². The van der Waals surface area contributed by atoms with Crippen LogP contribution >= 0.6 is 38.5 Å². The van der Waals surface area contributed by atoms with Crippen LogP contribution in [0.4, 0.5) is 0 Å². The van der Waals surface area contributed by atoms with Gasteiger partial charge < -0.3 is 10.5 Å². The van der Waals surface area contributed by atoms with Crippen molar-refractivity contribution >= 4 is 38.5 Å². The largest absolute Gasteiger partial charge is 0.494 e. The first kappa shape index (κ1) is 14.8. The summed E-state index contributed by atoms with van der Waals surface area (Å²) in [7, 11) is 0. The van der Waals surface area contributed by atoms with E-state index >= 15 is 0 Å². The Hall–Kier alpha value is -0.590. The van der Waals surface area contributed by atoms with E-state index in [1.54, 1.807) is 0 Å². The average Bonchev–Trinajstić information content (AvgIpc) is 2.42. The summed E-state index contributed by atoms with van der Waals surface area (Å²) < 4.78 is 7.84. The molecule has 0 bridgehead atoms. The molecule has 2 aromatic rings. The highest BCUT2D eigenvalue weighted by Gasteiger charge is 2.16. The van der Waals surface area contributed by atoms with Crippen LogP contribution in [0.25, 0.3) is 0 Å². The summed E-state index contributed by atoms with van der Waals surface area (Å²) in [6, 6.07) is 13.9. The van der Waals surface area contributed by atoms with Crippen LogP contribution in [0.1, 0.15) is 24.1 Å². The first-order valence-electron chi connectivity index (χ1n) is 6.05. The van der Waals surface area contributed by atoms with Crippen LogP contribution in [0.5, 0.6) is 5.75 Å². The molecule has 0 heterocycles. The molecule has 2 N–H and O–H groups in total. The third-order valence-electron chi connectivity index (χ3n) is 2.85. The van der Waals surface area contributed by atoms with Gasteiger partial charge in [-0.05, 0) is 59.3 Å². The van der Waals surface area contributed by atoms with Gasteiger partial charge in [0.05, 0.1) is 12.6 Å². The number of halogens is 2. The molecule has 2 rings (SSSR count). The Morgan fingerprint density at radius 2 is 1.95 bits per heavy atom. The van der Waals surface area contributed by atoms with Gasteiger partial charge in [0, 0.05) is 13.6 Å². The Labute approximate surface area is 135 Å². The highest BCUT2D eigenvalue weighted by molar-refractivity contribution is 14.1. The van der Waals surface area contributed by atoms with Gasteiger partial charge >= 0.3 is 0 Å². The van der Waals surface area contributed by atoms with Crippen molar-refractivity contribution in [3.63, 3.8) is 0 Å². The number of nitrogens with two attached hydrogens (primary N) is 1. The first-order valence-corrected chi connectivity index (χ1v) is 7.93. The minimum absolute atomic E-state index is 0.188. The van der Waals surface area contributed by atoms with E-state index in [1.165, 1.54) is 0 Å². The summed E-state index contributed by atoms with van der Waals surface area (Å²) in [5.41, 5.74) is 8.52. The fourth-order valence-electron chi connectivity index (χ4n) is 1.94. The summed E-state index contributed by atoms with van der Waals surface area (Å²) in [4.78, 5) is 0. The van der Waals surface area contributed by atoms with E-state index in [2.05, 4.69) is 50.7 Å². The van der Waals surface area contributed by atoms with Gasteiger partial charge in [0.25, 0.3) is 0 Å². The maximum absolute atomic E-state index is 6.41. The normalized spacial score (nSPS) is 12.2. The molecule has 2 aromatic carbocycles. The molecule has 0 saturated heterocycles. The van der Waals surface area contributed by atoms with E-state index < -0.39 is 0 Å². The Morgan fingerprint density at radius 3 is 2.68 bits per heavy atom. The van der Waals surface area contributed by atoms with Crippen molar-refractivity contribution < 1.29 is 4.74 Å². The average molecular weight is 432 g/mol. The zero-order valence-electron chi connectivity index (χ0n) is 10.6. The SMILES string of the molecule is CCOc1ccccc1C(N)c1cc(Br)ccc1I. The van der Waals surface area contributed by atoms with Crippen LogP contribution < -0.4 is 10.5 Å². The molecule has 0 amide bonds. The Balaban J connectivity index is 2.43. The topological polar surface area (TPSA) is 35.2 Å². The lowest BCUT2D eigenvalue weighted by Gasteiger charge is -2.18. The van der Waals surface area contributed by atoms with Crippen LogP contribution in [0.2, 0.25) is 0 Å². The molecule has 0 radical (unpaired) electrons. The molecular formula is C15H15BrINO. The van der Waals surface area contributed by atoms with Gasteiger partial charge in [-0.3, -0.25) is 0 Å². The number of para-hydroxylation sites is 1. The molecule has 0 saturated carbocycles. The maximum atomic E-state index is 6.41. The number of benzene rings is 2. The maximum Gasteiger partial charge on any atom is 0.124 e. The molecular weight excluding hydrogens is 417 g/mol. The van der Waals surface area contributed by atoms with Crippen molar-refractivity contribution in [2.24, 2.45) is 5.73 Å². The molecule has 0 aliphatic carbocycles. The fraction of sp³-hybridized carbons (Fsp3) is 0.200. The zero-order chi connectivity index (χ0) is 13.8. The molecule has 100 valence electrons. The highest BCUT2D eigenvalue weighted by Crippen LogP contribution is 2.32. The first-order chi connectivity index (χ1) is 9.13. The highest BCUT2D eigenvalue weighted by atomic mass is 127. The number of hydrogen-bond acceptors (Lipinski definition) is 2. The monoisotopic (exact) mass is 431 g/mol. The second-order valence-electron chi connectivity index (χ2n) is 4.11. The molecule has 0 fully saturated rings. The summed E-state index contributed by atoms with van der Waals surface area (Å²) in [5, 5.41) is 0. The second-order valence-corrected chi connectivity index (χ2v) is 6.19. The van der Waals surface area contributed by atoms with Crippen molar-refractivity contribution in [2.45, 2.75) is 13.0 Å². The van der Waals surface area contributed by atoms with Crippen LogP contribution in [0, 0.1) is 3.57 Å². The molecule has 0 aliphatic rings. The summed E-state index contributed by atoms with van der Waals surface area (Å²) in [5.74, 6) is 0.855. The smallest absolute Gasteiger partial charge is 0.124 e. The second kappa shape index (κ2) is 6.72. The van der Waals surface area contributed by atoms with Crippen LogP contribution in [0.15, 0.2) is 46.9 Å². The summed E-state index contributed by atoms with van der Waals surface area (Å²) in [6.45, 7) is 2.62. The zero-order valence-corrected chi connectivity index (χ0v) is 14.3. The van der Waals surface area contributed by atoms with Gasteiger partial charge in [0.1, 0.15) is 5.75 Å². The van der Waals surface area contributed by atoms with Gasteiger partial charge in [0.15, 0.2) is 0 Å². The fourth-order valence-corrected chi connectivity index (χ4v) is 2.99. The molecule has 0 aliphatic heterocycles. The van der Waals surface area contributed by atoms with Crippen LogP contribution in [0.3, 0.4) is 0 Å². The lowest BCUT2D eigenvalue weighted by Crippen LogP contribution is -2.15. The number of hydrogen-bond donors (Lipinski definition) is 1. The van der Waals surface area contributed by atoms with Crippen molar-refractivity contribution in [2.75, 3.05) is 6.61 Å². The third-order valence-corrected chi connectivity index (χ3v) is 4.32. The van der Waals surface area contributed by atoms with Crippen LogP contribution in [-0.2, 0) is 0 Å². The standard InChI is InChI=1S/C15H15BrINO/c1-2-19-14-6-4-3-5-11(14)15(18)12-9-10(16)7-8-13(12)17/h3-9,15H,2,18H2,1H3. The quantitative estimate of drug-likeness (QED) is 0.723. The predicted molar refractivity (Wildman–Crippen MR) is 90.5 cm³/mol. The van der Waals surface area contributed by atoms with E-state index in [4.69, 9.17) is 10.5 Å². The van der Waals surface area contributed by atoms with Gasteiger partial charge in [-0.2, -0.15) is 0 Å². The van der Waals surface area contributed by atoms with E-state index in [-0.39, 0.29) is 6.04 Å². The number of rotatable bonds is 4. The van der Waals surface area contributed by atoms with E-state index in [9.17, 15) is 0 Å². The summed E-state index contributed by atoms with van der Waals surface area (Å²) in [6.07, 6.45) is 0. The van der Waals surface area contributed by atoms with Gasteiger partial charge in [-0.1, -0.05) is 34.1 Å². The van der Waals surface area contributed by atoms with Crippen molar-refractivity contribution in [1.29, 1.82) is 0 Å². The molecule has 0 spiro atoms. The molecule has 4 heteroatoms. The van der Waals surface area contributed by atoms with E-state index in [0.717, 1.165) is 24.9 Å². The van der Waals surface area contributed by atoms with Crippen molar-refractivity contribution in [3.05, 3.63) is 61.6 Å². The van der Waals surface area contributed by atoms with Gasteiger partial charge in [0.2, 0.25) is 0 Å². The molecule has 2 nitrogen and oxygen atoms in total. The Kier molecular flexibility index (Phi) is 5.24. The Morgan fingerprint density at radius 1 is 1.21 bits per heavy atom. The molecule has 1 atom stereocenters. The molecule has 1 unspecified atom stereocenters. The van der Waals surface area contributed by atoms with Crippen molar-refractivity contribution in [1.82, 2.24) is 0 Å². The predicted octanol–water partition coefficient (Wildman–Crippen LogP) is 4.50. The minimum Gasteiger partial charge on any atom is -0.494 e. The number of ether oxygens (including phenoxy) is 1. The van der Waals surface area contributed by atoms with Gasteiger partial charge in [-0.25, -0.2) is 0 Å². The van der Waals surface area contributed by atoms with Crippen LogP contribution in [-0.4, -0.2) is 6.61 Å². The summed E-state index contributed by atoms with van der Waals surface area (Å²) >= 11 is 5.81. The Bertz CT molecular complexity index is 574. The molecule has 0 aromatic heterocycles. The van der Waals surface area contributed by atoms with E-state index in [0.29, 0.717) is 6.61 Å². The lowest BCUT2D eigenvalue weighted by atomic mass is 9.99. The van der Waals surface area contributed by atoms with E-state index in [1.807, 2.05) is 37.3 Å². The lowest BCUT2D eigenvalue weighted by molar-refractivity contribution is 0.335.